The lowest BCUT2D eigenvalue weighted by Crippen LogP contribution is -2.11. The number of aromatic hydroxyl groups is 1. The van der Waals surface area contributed by atoms with Crippen LogP contribution in [0, 0.1) is 5.92 Å². The van der Waals surface area contributed by atoms with Crippen LogP contribution < -0.4 is 4.74 Å². The van der Waals surface area contributed by atoms with E-state index in [1.165, 1.54) is 53.6 Å². The molecule has 0 fully saturated rings. The zero-order chi connectivity index (χ0) is 32.6. The van der Waals surface area contributed by atoms with Crippen molar-refractivity contribution in [3.8, 4) is 34.3 Å². The number of unbranched alkanes of at least 4 members (excludes halogenated alkanes) is 4. The molecule has 0 saturated carbocycles. The van der Waals surface area contributed by atoms with E-state index in [0.29, 0.717) is 40.6 Å². The quantitative estimate of drug-likeness (QED) is 0.0682. The average Bonchev–Trinajstić information content (AvgIpc) is 3.11. The van der Waals surface area contributed by atoms with Gasteiger partial charge in [-0.1, -0.05) is 132 Å². The summed E-state index contributed by atoms with van der Waals surface area (Å²) in [4.78, 5) is 15.0. The minimum Gasteiger partial charge on any atom is -0.507 e. The Morgan fingerprint density at radius 2 is 1.38 bits per heavy atom. The van der Waals surface area contributed by atoms with Gasteiger partial charge in [-0.2, -0.15) is 0 Å². The monoisotopic (exact) mass is 643 g/mol. The molecule has 5 aromatic carbocycles. The molecule has 6 aromatic rings. The fourth-order valence-corrected chi connectivity index (χ4v) is 7.14. The molecule has 0 aliphatic carbocycles. The van der Waals surface area contributed by atoms with Gasteiger partial charge in [-0.15, -0.1) is 0 Å². The molecule has 1 aromatic heterocycles. The van der Waals surface area contributed by atoms with Gasteiger partial charge in [0, 0.05) is 17.4 Å². The van der Waals surface area contributed by atoms with Gasteiger partial charge < -0.3 is 9.84 Å². The van der Waals surface area contributed by atoms with E-state index >= 15 is 0 Å². The summed E-state index contributed by atoms with van der Waals surface area (Å²) in [6.07, 6.45) is 9.35. The Labute approximate surface area is 282 Å². The van der Waals surface area contributed by atoms with Gasteiger partial charge in [-0.05, 0) is 69.3 Å². The van der Waals surface area contributed by atoms with Crippen LogP contribution in [-0.4, -0.2) is 32.4 Å². The average molecular weight is 644 g/mol. The van der Waals surface area contributed by atoms with Crippen molar-refractivity contribution in [1.82, 2.24) is 15.0 Å². The molecule has 1 N–H and O–H groups in total. The SMILES string of the molecule is CCCCCCSc1nc(-c2ccc(OCC(CC)CCCC)cc2O)nc(-c2cc3c4ccccc4ccc3c3ccccc23)n1. The van der Waals surface area contributed by atoms with Crippen LogP contribution in [0.2, 0.25) is 0 Å². The van der Waals surface area contributed by atoms with Crippen molar-refractivity contribution in [1.29, 1.82) is 0 Å². The summed E-state index contributed by atoms with van der Waals surface area (Å²) in [7, 11) is 0. The van der Waals surface area contributed by atoms with Crippen LogP contribution in [0.3, 0.4) is 0 Å². The fraction of sp³-hybridized carbons (Fsp3) is 0.341. The highest BCUT2D eigenvalue weighted by Crippen LogP contribution is 2.39. The molecule has 6 heteroatoms. The van der Waals surface area contributed by atoms with E-state index < -0.39 is 0 Å². The van der Waals surface area contributed by atoms with Crippen molar-refractivity contribution in [2.24, 2.45) is 5.92 Å². The number of ether oxygens (including phenoxy) is 1. The first kappa shape index (κ1) is 32.8. The van der Waals surface area contributed by atoms with Crippen molar-refractivity contribution < 1.29 is 9.84 Å². The first-order chi connectivity index (χ1) is 23.1. The number of fused-ring (bicyclic) bond motifs is 5. The predicted octanol–water partition coefficient (Wildman–Crippen LogP) is 11.6. The number of thioether (sulfide) groups is 1. The molecule has 1 unspecified atom stereocenters. The fourth-order valence-electron chi connectivity index (χ4n) is 6.30. The van der Waals surface area contributed by atoms with Crippen LogP contribution in [0.1, 0.15) is 72.1 Å². The Morgan fingerprint density at radius 3 is 2.15 bits per heavy atom. The van der Waals surface area contributed by atoms with Crippen molar-refractivity contribution >= 4 is 44.1 Å². The molecule has 0 radical (unpaired) electrons. The number of nitrogens with zero attached hydrogens (tertiary/aromatic N) is 3. The summed E-state index contributed by atoms with van der Waals surface area (Å²) in [5.41, 5.74) is 1.53. The Kier molecular flexibility index (Phi) is 10.9. The van der Waals surface area contributed by atoms with Gasteiger partial charge >= 0.3 is 0 Å². The molecule has 242 valence electrons. The molecule has 0 saturated heterocycles. The molecule has 5 nitrogen and oxygen atoms in total. The molecule has 0 aliphatic rings. The Balaban J connectivity index is 1.42. The summed E-state index contributed by atoms with van der Waals surface area (Å²) in [6.45, 7) is 7.31. The standard InChI is InChI=1S/C41H45N3O2S/c1-4-7-9-14-24-47-41-43-39(35-23-21-30(25-38(35)45)46-27-28(6-3)15-8-5-2)42-40(44-41)37-26-36-31-17-11-10-16-29(31)20-22-34(36)32-18-12-13-19-33(32)37/h10-13,16-23,25-26,28,45H,4-9,14-15,24,27H2,1-3H3. The smallest absolute Gasteiger partial charge is 0.191 e. The second-order valence-electron chi connectivity index (χ2n) is 12.4. The third-order valence-corrected chi connectivity index (χ3v) is 10.0. The first-order valence-electron chi connectivity index (χ1n) is 17.3. The Bertz CT molecular complexity index is 1970. The molecular formula is C41H45N3O2S. The van der Waals surface area contributed by atoms with E-state index in [1.54, 1.807) is 17.8 Å². The summed E-state index contributed by atoms with van der Waals surface area (Å²) in [5, 5.41) is 19.0. The molecule has 47 heavy (non-hydrogen) atoms. The van der Waals surface area contributed by atoms with Crippen LogP contribution in [0.4, 0.5) is 0 Å². The minimum atomic E-state index is 0.106. The third kappa shape index (κ3) is 7.54. The lowest BCUT2D eigenvalue weighted by Gasteiger charge is -2.16. The Hall–Kier alpha value is -4.16. The van der Waals surface area contributed by atoms with Crippen LogP contribution in [-0.2, 0) is 0 Å². The highest BCUT2D eigenvalue weighted by molar-refractivity contribution is 7.99. The number of phenolic OH excluding ortho intramolecular Hbond substituents is 1. The lowest BCUT2D eigenvalue weighted by molar-refractivity contribution is 0.232. The van der Waals surface area contributed by atoms with Gasteiger partial charge in [0.1, 0.15) is 11.5 Å². The molecule has 1 heterocycles. The third-order valence-electron chi connectivity index (χ3n) is 9.09. The van der Waals surface area contributed by atoms with Gasteiger partial charge in [0.2, 0.25) is 0 Å². The second kappa shape index (κ2) is 15.6. The van der Waals surface area contributed by atoms with Gasteiger partial charge in [-0.3, -0.25) is 0 Å². The number of rotatable bonds is 15. The van der Waals surface area contributed by atoms with Gasteiger partial charge in [0.05, 0.1) is 12.2 Å². The van der Waals surface area contributed by atoms with Crippen molar-refractivity contribution in [3.63, 3.8) is 0 Å². The van der Waals surface area contributed by atoms with E-state index in [1.807, 2.05) is 12.1 Å². The molecule has 0 amide bonds. The zero-order valence-corrected chi connectivity index (χ0v) is 28.7. The summed E-state index contributed by atoms with van der Waals surface area (Å²) in [6, 6.07) is 29.1. The van der Waals surface area contributed by atoms with Crippen molar-refractivity contribution in [2.45, 2.75) is 77.3 Å². The topological polar surface area (TPSA) is 68.1 Å². The summed E-state index contributed by atoms with van der Waals surface area (Å²) < 4.78 is 6.14. The number of hydrogen-bond acceptors (Lipinski definition) is 6. The summed E-state index contributed by atoms with van der Waals surface area (Å²) >= 11 is 1.66. The van der Waals surface area contributed by atoms with Crippen LogP contribution in [0.15, 0.2) is 90.1 Å². The maximum Gasteiger partial charge on any atom is 0.191 e. The zero-order valence-electron chi connectivity index (χ0n) is 27.8. The van der Waals surface area contributed by atoms with Crippen LogP contribution >= 0.6 is 11.8 Å². The number of hydrogen-bond donors (Lipinski definition) is 1. The molecule has 0 spiro atoms. The molecular weight excluding hydrogens is 599 g/mol. The number of phenols is 1. The maximum atomic E-state index is 11.3. The predicted molar refractivity (Wildman–Crippen MR) is 199 cm³/mol. The van der Waals surface area contributed by atoms with Crippen molar-refractivity contribution in [2.75, 3.05) is 12.4 Å². The van der Waals surface area contributed by atoms with Crippen molar-refractivity contribution in [3.05, 3.63) is 84.9 Å². The first-order valence-corrected chi connectivity index (χ1v) is 18.3. The van der Waals surface area contributed by atoms with Gasteiger partial charge in [0.15, 0.2) is 16.8 Å². The van der Waals surface area contributed by atoms with E-state index in [2.05, 4.69) is 87.5 Å². The molecule has 0 aliphatic heterocycles. The highest BCUT2D eigenvalue weighted by Gasteiger charge is 2.18. The lowest BCUT2D eigenvalue weighted by atomic mass is 9.93. The van der Waals surface area contributed by atoms with Crippen LogP contribution in [0.5, 0.6) is 11.5 Å². The molecule has 6 rings (SSSR count). The largest absolute Gasteiger partial charge is 0.507 e. The van der Waals surface area contributed by atoms with E-state index in [-0.39, 0.29) is 5.75 Å². The second-order valence-corrected chi connectivity index (χ2v) is 13.5. The maximum absolute atomic E-state index is 11.3. The van der Waals surface area contributed by atoms with Gasteiger partial charge in [-0.25, -0.2) is 15.0 Å². The van der Waals surface area contributed by atoms with E-state index in [9.17, 15) is 5.11 Å². The minimum absolute atomic E-state index is 0.106. The van der Waals surface area contributed by atoms with Gasteiger partial charge in [0.25, 0.3) is 0 Å². The Morgan fingerprint density at radius 1 is 0.660 bits per heavy atom. The molecule has 1 atom stereocenters. The summed E-state index contributed by atoms with van der Waals surface area (Å²) in [5.74, 6) is 3.28. The normalized spacial score (nSPS) is 12.2. The number of benzene rings is 5. The molecule has 0 bridgehead atoms. The highest BCUT2D eigenvalue weighted by atomic mass is 32.2. The van der Waals surface area contributed by atoms with Crippen LogP contribution in [0.25, 0.3) is 55.1 Å². The van der Waals surface area contributed by atoms with E-state index in [4.69, 9.17) is 19.7 Å². The number of aromatic nitrogens is 3. The van der Waals surface area contributed by atoms with E-state index in [0.717, 1.165) is 41.4 Å².